The van der Waals surface area contributed by atoms with Crippen LogP contribution in [-0.2, 0) is 0 Å². The Bertz CT molecular complexity index is 694. The van der Waals surface area contributed by atoms with Gasteiger partial charge >= 0.3 is 0 Å². The van der Waals surface area contributed by atoms with E-state index in [0.717, 1.165) is 0 Å². The summed E-state index contributed by atoms with van der Waals surface area (Å²) < 4.78 is 11.0. The predicted molar refractivity (Wildman–Crippen MR) is 88.6 cm³/mol. The lowest BCUT2D eigenvalue weighted by Gasteiger charge is -2.12. The molecular formula is C16H15BrN2O4. The quantitative estimate of drug-likeness (QED) is 0.801. The summed E-state index contributed by atoms with van der Waals surface area (Å²) in [6.45, 7) is 0. The van der Waals surface area contributed by atoms with Crippen LogP contribution >= 0.6 is 15.9 Å². The van der Waals surface area contributed by atoms with Crippen LogP contribution in [0.15, 0.2) is 46.9 Å². The zero-order valence-corrected chi connectivity index (χ0v) is 14.1. The van der Waals surface area contributed by atoms with Gasteiger partial charge in [0, 0.05) is 11.1 Å². The molecule has 0 aromatic heterocycles. The SMILES string of the molecule is COc1cc(C(=O)NNC(=O)c2ccccc2)cc(OC)c1Br. The summed E-state index contributed by atoms with van der Waals surface area (Å²) in [5.41, 5.74) is 5.44. The zero-order valence-electron chi connectivity index (χ0n) is 12.6. The summed E-state index contributed by atoms with van der Waals surface area (Å²) in [5, 5.41) is 0. The van der Waals surface area contributed by atoms with Crippen LogP contribution in [0.4, 0.5) is 0 Å². The highest BCUT2D eigenvalue weighted by Gasteiger charge is 2.15. The van der Waals surface area contributed by atoms with E-state index in [4.69, 9.17) is 9.47 Å². The minimum atomic E-state index is -0.488. The number of benzene rings is 2. The first kappa shape index (κ1) is 16.8. The maximum atomic E-state index is 12.2. The van der Waals surface area contributed by atoms with E-state index in [1.165, 1.54) is 26.4 Å². The van der Waals surface area contributed by atoms with Gasteiger partial charge in [-0.25, -0.2) is 0 Å². The molecule has 2 aromatic rings. The maximum Gasteiger partial charge on any atom is 0.269 e. The lowest BCUT2D eigenvalue weighted by molar-refractivity contribution is 0.0846. The van der Waals surface area contributed by atoms with Gasteiger partial charge in [-0.15, -0.1) is 0 Å². The van der Waals surface area contributed by atoms with Gasteiger partial charge in [0.15, 0.2) is 0 Å². The van der Waals surface area contributed by atoms with E-state index in [0.29, 0.717) is 21.5 Å². The van der Waals surface area contributed by atoms with Gasteiger partial charge in [-0.3, -0.25) is 20.4 Å². The molecule has 0 aliphatic carbocycles. The van der Waals surface area contributed by atoms with E-state index in [1.807, 2.05) is 0 Å². The van der Waals surface area contributed by atoms with Gasteiger partial charge in [-0.2, -0.15) is 0 Å². The number of carbonyl (C=O) groups is 2. The molecule has 23 heavy (non-hydrogen) atoms. The number of methoxy groups -OCH3 is 2. The standard InChI is InChI=1S/C16H15BrN2O4/c1-22-12-8-11(9-13(23-2)14(12)17)16(21)19-18-15(20)10-6-4-3-5-7-10/h3-9H,1-2H3,(H,18,20)(H,19,21). The van der Waals surface area contributed by atoms with Crippen molar-refractivity contribution in [1.29, 1.82) is 0 Å². The molecule has 2 rings (SSSR count). The van der Waals surface area contributed by atoms with Gasteiger partial charge < -0.3 is 9.47 Å². The lowest BCUT2D eigenvalue weighted by atomic mass is 10.2. The lowest BCUT2D eigenvalue weighted by Crippen LogP contribution is -2.41. The van der Waals surface area contributed by atoms with Gasteiger partial charge in [0.25, 0.3) is 11.8 Å². The third-order valence-electron chi connectivity index (χ3n) is 3.03. The van der Waals surface area contributed by atoms with Crippen molar-refractivity contribution in [3.05, 3.63) is 58.1 Å². The maximum absolute atomic E-state index is 12.2. The van der Waals surface area contributed by atoms with Crippen molar-refractivity contribution in [2.45, 2.75) is 0 Å². The third-order valence-corrected chi connectivity index (χ3v) is 3.81. The first-order chi connectivity index (χ1) is 11.1. The minimum Gasteiger partial charge on any atom is -0.495 e. The second-order valence-electron chi connectivity index (χ2n) is 4.47. The van der Waals surface area contributed by atoms with Crippen LogP contribution in [0, 0.1) is 0 Å². The van der Waals surface area contributed by atoms with E-state index in [2.05, 4.69) is 26.8 Å². The Morgan fingerprint density at radius 1 is 0.870 bits per heavy atom. The van der Waals surface area contributed by atoms with Gasteiger partial charge in [0.05, 0.1) is 14.2 Å². The van der Waals surface area contributed by atoms with Crippen molar-refractivity contribution >= 4 is 27.7 Å². The number of halogens is 1. The molecule has 0 aliphatic heterocycles. The molecule has 7 heteroatoms. The number of hydrazine groups is 1. The molecular weight excluding hydrogens is 364 g/mol. The molecule has 0 atom stereocenters. The number of hydrogen-bond donors (Lipinski definition) is 2. The molecule has 2 N–H and O–H groups in total. The van der Waals surface area contributed by atoms with Crippen molar-refractivity contribution in [2.24, 2.45) is 0 Å². The highest BCUT2D eigenvalue weighted by Crippen LogP contribution is 2.35. The van der Waals surface area contributed by atoms with E-state index in [1.54, 1.807) is 30.3 Å². The molecule has 120 valence electrons. The monoisotopic (exact) mass is 378 g/mol. The van der Waals surface area contributed by atoms with Gasteiger partial charge in [-0.1, -0.05) is 18.2 Å². The molecule has 0 saturated heterocycles. The zero-order chi connectivity index (χ0) is 16.8. The van der Waals surface area contributed by atoms with Crippen LogP contribution in [0.1, 0.15) is 20.7 Å². The van der Waals surface area contributed by atoms with Crippen LogP contribution < -0.4 is 20.3 Å². The topological polar surface area (TPSA) is 76.7 Å². The van der Waals surface area contributed by atoms with Crippen molar-refractivity contribution in [3.63, 3.8) is 0 Å². The number of carbonyl (C=O) groups excluding carboxylic acids is 2. The van der Waals surface area contributed by atoms with Crippen LogP contribution in [-0.4, -0.2) is 26.0 Å². The second-order valence-corrected chi connectivity index (χ2v) is 5.26. The third kappa shape index (κ3) is 4.01. The second kappa shape index (κ2) is 7.64. The van der Waals surface area contributed by atoms with Crippen LogP contribution in [0.5, 0.6) is 11.5 Å². The van der Waals surface area contributed by atoms with E-state index in [9.17, 15) is 9.59 Å². The summed E-state index contributed by atoms with van der Waals surface area (Å²) in [5.74, 6) is 0.00106. The Balaban J connectivity index is 2.10. The molecule has 0 heterocycles. The number of rotatable bonds is 4. The van der Waals surface area contributed by atoms with Crippen molar-refractivity contribution in [3.8, 4) is 11.5 Å². The number of nitrogens with one attached hydrogen (secondary N) is 2. The highest BCUT2D eigenvalue weighted by molar-refractivity contribution is 9.10. The predicted octanol–water partition coefficient (Wildman–Crippen LogP) is 2.54. The first-order valence-corrected chi connectivity index (χ1v) is 7.43. The Kier molecular flexibility index (Phi) is 5.59. The normalized spacial score (nSPS) is 9.87. The molecule has 0 bridgehead atoms. The van der Waals surface area contributed by atoms with Gasteiger partial charge in [0.1, 0.15) is 16.0 Å². The fourth-order valence-corrected chi connectivity index (χ4v) is 2.40. The number of ether oxygens (including phenoxy) is 2. The fraction of sp³-hybridized carbons (Fsp3) is 0.125. The molecule has 0 unspecified atom stereocenters. The van der Waals surface area contributed by atoms with E-state index < -0.39 is 11.8 Å². The summed E-state index contributed by atoms with van der Waals surface area (Å²) in [7, 11) is 2.97. The number of amides is 2. The van der Waals surface area contributed by atoms with E-state index >= 15 is 0 Å². The van der Waals surface area contributed by atoms with Crippen molar-refractivity contribution in [2.75, 3.05) is 14.2 Å². The summed E-state index contributed by atoms with van der Waals surface area (Å²) >= 11 is 3.33. The fourth-order valence-electron chi connectivity index (χ4n) is 1.85. The van der Waals surface area contributed by atoms with Crippen molar-refractivity contribution in [1.82, 2.24) is 10.9 Å². The summed E-state index contributed by atoms with van der Waals surface area (Å²) in [6, 6.07) is 11.6. The molecule has 0 aliphatic rings. The molecule has 0 fully saturated rings. The Labute approximate surface area is 141 Å². The molecule has 6 nitrogen and oxygen atoms in total. The van der Waals surface area contributed by atoms with Gasteiger partial charge in [-0.05, 0) is 40.2 Å². The smallest absolute Gasteiger partial charge is 0.269 e. The van der Waals surface area contributed by atoms with E-state index in [-0.39, 0.29) is 5.56 Å². The average Bonchev–Trinajstić information content (AvgIpc) is 2.60. The molecule has 0 spiro atoms. The molecule has 0 radical (unpaired) electrons. The highest BCUT2D eigenvalue weighted by atomic mass is 79.9. The van der Waals surface area contributed by atoms with Gasteiger partial charge in [0.2, 0.25) is 0 Å². The molecule has 2 aromatic carbocycles. The number of hydrogen-bond acceptors (Lipinski definition) is 4. The Hall–Kier alpha value is -2.54. The van der Waals surface area contributed by atoms with Crippen LogP contribution in [0.3, 0.4) is 0 Å². The molecule has 0 saturated carbocycles. The largest absolute Gasteiger partial charge is 0.495 e. The Morgan fingerprint density at radius 3 is 1.83 bits per heavy atom. The van der Waals surface area contributed by atoms with Crippen LogP contribution in [0.2, 0.25) is 0 Å². The average molecular weight is 379 g/mol. The van der Waals surface area contributed by atoms with Crippen molar-refractivity contribution < 1.29 is 19.1 Å². The van der Waals surface area contributed by atoms with Crippen LogP contribution in [0.25, 0.3) is 0 Å². The minimum absolute atomic E-state index is 0.287. The Morgan fingerprint density at radius 2 is 1.35 bits per heavy atom. The summed E-state index contributed by atoms with van der Waals surface area (Å²) in [6.07, 6.45) is 0. The molecule has 2 amide bonds. The summed E-state index contributed by atoms with van der Waals surface area (Å²) in [4.78, 5) is 24.1. The first-order valence-electron chi connectivity index (χ1n) is 6.64.